The number of carbonyl (C=O) groups is 1. The lowest BCUT2D eigenvalue weighted by molar-refractivity contribution is -0.130. The smallest absolute Gasteiger partial charge is 0.254 e. The zero-order valence-electron chi connectivity index (χ0n) is 13.1. The Hall–Kier alpha value is -1.35. The van der Waals surface area contributed by atoms with Crippen LogP contribution in [0.25, 0.3) is 0 Å². The van der Waals surface area contributed by atoms with E-state index in [9.17, 15) is 18.0 Å². The Kier molecular flexibility index (Phi) is 4.26. The molecule has 0 aliphatic carbocycles. The summed E-state index contributed by atoms with van der Waals surface area (Å²) < 4.78 is 24.8. The molecular formula is C14H19N3O4S2. The van der Waals surface area contributed by atoms with E-state index in [0.29, 0.717) is 29.6 Å². The van der Waals surface area contributed by atoms with E-state index in [1.807, 2.05) is 0 Å². The molecule has 7 nitrogen and oxygen atoms in total. The first-order valence-corrected chi connectivity index (χ1v) is 10.4. The summed E-state index contributed by atoms with van der Waals surface area (Å²) in [6.07, 6.45) is 1.91. The Balaban J connectivity index is 1.71. The van der Waals surface area contributed by atoms with E-state index in [4.69, 9.17) is 0 Å². The van der Waals surface area contributed by atoms with Gasteiger partial charge in [0, 0.05) is 43.3 Å². The number of hydrogen-bond donors (Lipinski definition) is 0. The van der Waals surface area contributed by atoms with Crippen LogP contribution in [0.15, 0.2) is 16.0 Å². The third kappa shape index (κ3) is 3.30. The number of thioether (sulfide) groups is 1. The summed E-state index contributed by atoms with van der Waals surface area (Å²) >= 11 is 1.48. The van der Waals surface area contributed by atoms with E-state index in [2.05, 4.69) is 4.98 Å². The lowest BCUT2D eigenvalue weighted by Crippen LogP contribution is -2.34. The summed E-state index contributed by atoms with van der Waals surface area (Å²) in [6.45, 7) is 2.49. The van der Waals surface area contributed by atoms with E-state index in [1.54, 1.807) is 16.4 Å². The van der Waals surface area contributed by atoms with E-state index >= 15 is 0 Å². The van der Waals surface area contributed by atoms with Gasteiger partial charge in [0.1, 0.15) is 0 Å². The first-order valence-electron chi connectivity index (χ1n) is 7.45. The molecule has 1 fully saturated rings. The second kappa shape index (κ2) is 5.94. The van der Waals surface area contributed by atoms with Gasteiger partial charge < -0.3 is 4.90 Å². The van der Waals surface area contributed by atoms with Crippen molar-refractivity contribution >= 4 is 27.5 Å². The second-order valence-electron chi connectivity index (χ2n) is 6.14. The predicted molar refractivity (Wildman–Crippen MR) is 87.4 cm³/mol. The number of carbonyl (C=O) groups excluding carboxylic acids is 1. The van der Waals surface area contributed by atoms with Crippen molar-refractivity contribution in [2.75, 3.05) is 25.1 Å². The SMILES string of the molecule is Cc1cc(=O)n2c(n1)SCC2CC(=O)N1CCC(S(C)(=O)=O)C1. The van der Waals surface area contributed by atoms with E-state index in [-0.39, 0.29) is 30.5 Å². The fourth-order valence-corrected chi connectivity index (χ4v) is 5.23. The van der Waals surface area contributed by atoms with Crippen LogP contribution in [0.5, 0.6) is 0 Å². The molecule has 2 aliphatic rings. The van der Waals surface area contributed by atoms with Crippen molar-refractivity contribution in [2.45, 2.75) is 36.2 Å². The Labute approximate surface area is 139 Å². The number of rotatable bonds is 3. The number of aryl methyl sites for hydroxylation is 1. The molecule has 23 heavy (non-hydrogen) atoms. The predicted octanol–water partition coefficient (Wildman–Crippen LogP) is 0.234. The number of sulfone groups is 1. The number of aromatic nitrogens is 2. The maximum absolute atomic E-state index is 12.4. The fraction of sp³-hybridized carbons (Fsp3) is 0.643. The topological polar surface area (TPSA) is 89.3 Å². The highest BCUT2D eigenvalue weighted by atomic mass is 32.2. The minimum Gasteiger partial charge on any atom is -0.341 e. The highest BCUT2D eigenvalue weighted by molar-refractivity contribution is 7.99. The minimum absolute atomic E-state index is 0.0953. The molecule has 3 heterocycles. The molecule has 0 bridgehead atoms. The molecule has 0 radical (unpaired) electrons. The normalized spacial score (nSPS) is 24.0. The van der Waals surface area contributed by atoms with Crippen molar-refractivity contribution in [3.05, 3.63) is 22.1 Å². The summed E-state index contributed by atoms with van der Waals surface area (Å²) in [5.41, 5.74) is 0.544. The van der Waals surface area contributed by atoms with Crippen LogP contribution in [0.4, 0.5) is 0 Å². The Morgan fingerprint density at radius 2 is 2.22 bits per heavy atom. The van der Waals surface area contributed by atoms with Crippen molar-refractivity contribution in [1.29, 1.82) is 0 Å². The maximum Gasteiger partial charge on any atom is 0.254 e. The molecule has 0 aromatic carbocycles. The Morgan fingerprint density at radius 3 is 2.87 bits per heavy atom. The minimum atomic E-state index is -3.12. The van der Waals surface area contributed by atoms with Gasteiger partial charge in [0.2, 0.25) is 5.91 Å². The van der Waals surface area contributed by atoms with Crippen molar-refractivity contribution < 1.29 is 13.2 Å². The average Bonchev–Trinajstić information content (AvgIpc) is 3.05. The van der Waals surface area contributed by atoms with Crippen LogP contribution in [0.1, 0.15) is 24.6 Å². The van der Waals surface area contributed by atoms with Gasteiger partial charge >= 0.3 is 0 Å². The van der Waals surface area contributed by atoms with Gasteiger partial charge in [-0.25, -0.2) is 13.4 Å². The van der Waals surface area contributed by atoms with Gasteiger partial charge in [-0.15, -0.1) is 0 Å². The third-order valence-corrected chi connectivity index (χ3v) is 7.02. The molecule has 0 saturated carbocycles. The van der Waals surface area contributed by atoms with Gasteiger partial charge in [-0.1, -0.05) is 11.8 Å². The molecule has 9 heteroatoms. The molecule has 126 valence electrons. The van der Waals surface area contributed by atoms with Crippen molar-refractivity contribution in [3.8, 4) is 0 Å². The molecule has 3 rings (SSSR count). The van der Waals surface area contributed by atoms with Crippen molar-refractivity contribution in [3.63, 3.8) is 0 Å². The van der Waals surface area contributed by atoms with Crippen LogP contribution in [-0.4, -0.2) is 59.1 Å². The monoisotopic (exact) mass is 357 g/mol. The van der Waals surface area contributed by atoms with Gasteiger partial charge in [0.15, 0.2) is 15.0 Å². The first kappa shape index (κ1) is 16.5. The molecule has 0 spiro atoms. The fourth-order valence-electron chi connectivity index (χ4n) is 3.05. The maximum atomic E-state index is 12.4. The van der Waals surface area contributed by atoms with Crippen LogP contribution in [0.3, 0.4) is 0 Å². The molecule has 1 saturated heterocycles. The summed E-state index contributed by atoms with van der Waals surface area (Å²) in [5, 5.41) is 0.187. The van der Waals surface area contributed by atoms with E-state index in [0.717, 1.165) is 0 Å². The van der Waals surface area contributed by atoms with E-state index < -0.39 is 15.1 Å². The highest BCUT2D eigenvalue weighted by Gasteiger charge is 2.35. The lowest BCUT2D eigenvalue weighted by atomic mass is 10.2. The molecule has 1 aromatic rings. The third-order valence-electron chi connectivity index (χ3n) is 4.33. The van der Waals surface area contributed by atoms with Crippen molar-refractivity contribution in [1.82, 2.24) is 14.5 Å². The summed E-state index contributed by atoms with van der Waals surface area (Å²) in [7, 11) is -3.12. The summed E-state index contributed by atoms with van der Waals surface area (Å²) in [6, 6.07) is 1.27. The van der Waals surface area contributed by atoms with Gasteiger partial charge in [-0.2, -0.15) is 0 Å². The van der Waals surface area contributed by atoms with Gasteiger partial charge in [0.05, 0.1) is 11.3 Å². The van der Waals surface area contributed by atoms with Crippen LogP contribution < -0.4 is 5.56 Å². The number of fused-ring (bicyclic) bond motifs is 1. The molecule has 2 aliphatic heterocycles. The van der Waals surface area contributed by atoms with Crippen molar-refractivity contribution in [2.24, 2.45) is 0 Å². The van der Waals surface area contributed by atoms with Crippen LogP contribution >= 0.6 is 11.8 Å². The van der Waals surface area contributed by atoms with Crippen LogP contribution in [0.2, 0.25) is 0 Å². The number of amides is 1. The number of nitrogens with zero attached hydrogens (tertiary/aromatic N) is 3. The lowest BCUT2D eigenvalue weighted by Gasteiger charge is -2.19. The van der Waals surface area contributed by atoms with E-state index in [1.165, 1.54) is 24.1 Å². The Morgan fingerprint density at radius 1 is 1.48 bits per heavy atom. The number of likely N-dealkylation sites (tertiary alicyclic amines) is 1. The zero-order valence-corrected chi connectivity index (χ0v) is 14.7. The van der Waals surface area contributed by atoms with Crippen LogP contribution in [-0.2, 0) is 14.6 Å². The quantitative estimate of drug-likeness (QED) is 0.720. The van der Waals surface area contributed by atoms with Gasteiger partial charge in [-0.3, -0.25) is 14.2 Å². The first-order chi connectivity index (χ1) is 10.8. The standard InChI is InChI=1S/C14H19N3O4S2/c1-9-5-13(19)17-10(8-22-14(17)15-9)6-12(18)16-4-3-11(7-16)23(2,20)21/h5,10-11H,3-4,6-8H2,1-2H3. The van der Waals surface area contributed by atoms with Gasteiger partial charge in [-0.05, 0) is 13.3 Å². The molecular weight excluding hydrogens is 338 g/mol. The largest absolute Gasteiger partial charge is 0.341 e. The Bertz CT molecular complexity index is 803. The molecule has 2 unspecified atom stereocenters. The molecule has 1 aromatic heterocycles. The molecule has 0 N–H and O–H groups in total. The summed E-state index contributed by atoms with van der Waals surface area (Å²) in [4.78, 5) is 30.5. The molecule has 2 atom stereocenters. The highest BCUT2D eigenvalue weighted by Crippen LogP contribution is 2.32. The summed E-state index contributed by atoms with van der Waals surface area (Å²) in [5.74, 6) is 0.544. The second-order valence-corrected chi connectivity index (χ2v) is 9.45. The molecule has 1 amide bonds. The van der Waals surface area contributed by atoms with Crippen LogP contribution in [0, 0.1) is 6.92 Å². The van der Waals surface area contributed by atoms with Gasteiger partial charge in [0.25, 0.3) is 5.56 Å². The number of hydrogen-bond acceptors (Lipinski definition) is 6. The zero-order chi connectivity index (χ0) is 16.8. The average molecular weight is 357 g/mol.